The highest BCUT2D eigenvalue weighted by Gasteiger charge is 2.24. The van der Waals surface area contributed by atoms with Crippen molar-refractivity contribution >= 4 is 56.6 Å². The molecule has 0 aliphatic rings. The van der Waals surface area contributed by atoms with Crippen LogP contribution in [0.3, 0.4) is 0 Å². The molecule has 0 aliphatic carbocycles. The van der Waals surface area contributed by atoms with Gasteiger partial charge in [-0.1, -0.05) is 42.9 Å². The summed E-state index contributed by atoms with van der Waals surface area (Å²) in [6, 6.07) is 7.42. The summed E-state index contributed by atoms with van der Waals surface area (Å²) < 4.78 is 2.56. The fourth-order valence-electron chi connectivity index (χ4n) is 2.81. The molecule has 0 spiro atoms. The van der Waals surface area contributed by atoms with Crippen LogP contribution in [-0.4, -0.2) is 51.8 Å². The number of aryl methyl sites for hydroxylation is 1. The zero-order chi connectivity index (χ0) is 18.7. The quantitative estimate of drug-likeness (QED) is 0.569. The van der Waals surface area contributed by atoms with Crippen molar-refractivity contribution in [1.82, 2.24) is 19.7 Å². The highest BCUT2D eigenvalue weighted by atomic mass is 35.5. The Labute approximate surface area is 174 Å². The molecular weight excluding hydrogens is 405 g/mol. The Balaban J connectivity index is 0.00000261. The molecule has 0 bridgehead atoms. The van der Waals surface area contributed by atoms with E-state index in [-0.39, 0.29) is 18.3 Å². The lowest BCUT2D eigenvalue weighted by molar-refractivity contribution is 0.0974. The standard InChI is InChI=1S/C18H22ClN5OS.ClH/c1-4-23(5-2)11-12-24(17(25)14-9-10-20-22(14)3)18-21-16-13(19)7-6-8-15(16)26-18;/h6-10H,4-5,11-12H2,1-3H3;1H. The topological polar surface area (TPSA) is 54.3 Å². The second kappa shape index (κ2) is 9.50. The number of amides is 1. The van der Waals surface area contributed by atoms with E-state index in [0.717, 1.165) is 29.9 Å². The number of hydrogen-bond acceptors (Lipinski definition) is 5. The molecule has 1 aromatic carbocycles. The number of nitrogens with zero attached hydrogens (tertiary/aromatic N) is 5. The molecule has 0 unspecified atom stereocenters. The van der Waals surface area contributed by atoms with Crippen molar-refractivity contribution in [3.8, 4) is 0 Å². The highest BCUT2D eigenvalue weighted by Crippen LogP contribution is 2.33. The molecule has 0 radical (unpaired) electrons. The fraction of sp³-hybridized carbons (Fsp3) is 0.389. The molecular formula is C18H23Cl2N5OS. The summed E-state index contributed by atoms with van der Waals surface area (Å²) in [4.78, 5) is 21.8. The second-order valence-electron chi connectivity index (χ2n) is 5.91. The first-order valence-corrected chi connectivity index (χ1v) is 9.81. The van der Waals surface area contributed by atoms with Crippen LogP contribution < -0.4 is 4.90 Å². The van der Waals surface area contributed by atoms with Gasteiger partial charge in [0.25, 0.3) is 5.91 Å². The monoisotopic (exact) mass is 427 g/mol. The van der Waals surface area contributed by atoms with Gasteiger partial charge in [0.05, 0.1) is 9.72 Å². The normalized spacial score (nSPS) is 11.0. The predicted molar refractivity (Wildman–Crippen MR) is 115 cm³/mol. The van der Waals surface area contributed by atoms with Crippen molar-refractivity contribution < 1.29 is 4.79 Å². The van der Waals surface area contributed by atoms with E-state index in [4.69, 9.17) is 11.6 Å². The number of thiazole rings is 1. The predicted octanol–water partition coefficient (Wildman–Crippen LogP) is 4.09. The summed E-state index contributed by atoms with van der Waals surface area (Å²) in [5.74, 6) is -0.104. The molecule has 146 valence electrons. The van der Waals surface area contributed by atoms with E-state index in [1.165, 1.54) is 11.3 Å². The van der Waals surface area contributed by atoms with Crippen LogP contribution in [0.5, 0.6) is 0 Å². The summed E-state index contributed by atoms with van der Waals surface area (Å²) in [6.45, 7) is 7.46. The van der Waals surface area contributed by atoms with Gasteiger partial charge < -0.3 is 4.90 Å². The maximum atomic E-state index is 13.2. The number of aromatic nitrogens is 3. The number of halogens is 2. The number of likely N-dealkylation sites (N-methyl/N-ethyl adjacent to an activating group) is 1. The van der Waals surface area contributed by atoms with Gasteiger partial charge in [-0.25, -0.2) is 4.98 Å². The minimum absolute atomic E-state index is 0. The van der Waals surface area contributed by atoms with Crippen LogP contribution in [-0.2, 0) is 7.05 Å². The molecule has 9 heteroatoms. The van der Waals surface area contributed by atoms with Crippen LogP contribution in [0.25, 0.3) is 10.2 Å². The second-order valence-corrected chi connectivity index (χ2v) is 7.32. The Hall–Kier alpha value is -1.67. The summed E-state index contributed by atoms with van der Waals surface area (Å²) >= 11 is 7.75. The molecule has 3 rings (SSSR count). The smallest absolute Gasteiger partial charge is 0.278 e. The minimum Gasteiger partial charge on any atom is -0.302 e. The highest BCUT2D eigenvalue weighted by molar-refractivity contribution is 7.22. The van der Waals surface area contributed by atoms with Gasteiger partial charge in [0, 0.05) is 26.3 Å². The van der Waals surface area contributed by atoms with Crippen LogP contribution in [0.4, 0.5) is 5.13 Å². The number of hydrogen-bond donors (Lipinski definition) is 0. The largest absolute Gasteiger partial charge is 0.302 e. The summed E-state index contributed by atoms with van der Waals surface area (Å²) in [7, 11) is 1.77. The molecule has 0 atom stereocenters. The molecule has 2 heterocycles. The molecule has 6 nitrogen and oxygen atoms in total. The summed E-state index contributed by atoms with van der Waals surface area (Å²) in [5, 5.41) is 5.38. The first-order valence-electron chi connectivity index (χ1n) is 8.62. The van der Waals surface area contributed by atoms with Crippen molar-refractivity contribution in [3.05, 3.63) is 41.2 Å². The molecule has 0 N–H and O–H groups in total. The average Bonchev–Trinajstić information content (AvgIpc) is 3.25. The minimum atomic E-state index is -0.104. The van der Waals surface area contributed by atoms with Crippen molar-refractivity contribution in [3.63, 3.8) is 0 Å². The lowest BCUT2D eigenvalue weighted by Crippen LogP contribution is -2.39. The molecule has 0 aliphatic heterocycles. The number of rotatable bonds is 7. The number of anilines is 1. The zero-order valence-corrected chi connectivity index (χ0v) is 17.9. The Morgan fingerprint density at radius 1 is 1.22 bits per heavy atom. The van der Waals surface area contributed by atoms with Crippen LogP contribution in [0.2, 0.25) is 5.02 Å². The van der Waals surface area contributed by atoms with Gasteiger partial charge in [-0.15, -0.1) is 12.4 Å². The van der Waals surface area contributed by atoms with Gasteiger partial charge in [-0.05, 0) is 31.3 Å². The molecule has 0 saturated carbocycles. The SMILES string of the molecule is CCN(CC)CCN(C(=O)c1ccnn1C)c1nc2c(Cl)cccc2s1.Cl. The van der Waals surface area contributed by atoms with Gasteiger partial charge in [0.15, 0.2) is 5.13 Å². The Morgan fingerprint density at radius 2 is 1.96 bits per heavy atom. The maximum absolute atomic E-state index is 13.2. The van der Waals surface area contributed by atoms with E-state index < -0.39 is 0 Å². The van der Waals surface area contributed by atoms with Crippen molar-refractivity contribution in [1.29, 1.82) is 0 Å². The van der Waals surface area contributed by atoms with E-state index in [1.807, 2.05) is 18.2 Å². The van der Waals surface area contributed by atoms with Crippen LogP contribution in [0.15, 0.2) is 30.5 Å². The van der Waals surface area contributed by atoms with Gasteiger partial charge in [0.2, 0.25) is 0 Å². The average molecular weight is 428 g/mol. The van der Waals surface area contributed by atoms with Crippen molar-refractivity contribution in [2.24, 2.45) is 7.05 Å². The lowest BCUT2D eigenvalue weighted by atomic mass is 10.3. The van der Waals surface area contributed by atoms with Gasteiger partial charge in [-0.2, -0.15) is 5.10 Å². The van der Waals surface area contributed by atoms with Gasteiger partial charge in [0.1, 0.15) is 11.2 Å². The van der Waals surface area contributed by atoms with E-state index >= 15 is 0 Å². The Kier molecular flexibility index (Phi) is 7.61. The summed E-state index contributed by atoms with van der Waals surface area (Å²) in [5.41, 5.74) is 1.27. The maximum Gasteiger partial charge on any atom is 0.278 e. The van der Waals surface area contributed by atoms with Crippen molar-refractivity contribution in [2.75, 3.05) is 31.1 Å². The molecule has 0 fully saturated rings. The van der Waals surface area contributed by atoms with Crippen molar-refractivity contribution in [2.45, 2.75) is 13.8 Å². The number of fused-ring (bicyclic) bond motifs is 1. The number of carbonyl (C=O) groups excluding carboxylic acids is 1. The number of benzene rings is 1. The third-order valence-electron chi connectivity index (χ3n) is 4.41. The van der Waals surface area contributed by atoms with Crippen LogP contribution in [0.1, 0.15) is 24.3 Å². The molecule has 2 aromatic heterocycles. The fourth-order valence-corrected chi connectivity index (χ4v) is 4.10. The molecule has 3 aromatic rings. The van der Waals surface area contributed by atoms with E-state index in [0.29, 0.717) is 22.4 Å². The zero-order valence-electron chi connectivity index (χ0n) is 15.6. The molecule has 27 heavy (non-hydrogen) atoms. The summed E-state index contributed by atoms with van der Waals surface area (Å²) in [6.07, 6.45) is 1.63. The third kappa shape index (κ3) is 4.60. The van der Waals surface area contributed by atoms with Gasteiger partial charge >= 0.3 is 0 Å². The van der Waals surface area contributed by atoms with Crippen LogP contribution >= 0.6 is 35.3 Å². The number of para-hydroxylation sites is 1. The first kappa shape index (κ1) is 21.6. The Morgan fingerprint density at radius 3 is 2.56 bits per heavy atom. The van der Waals surface area contributed by atoms with Crippen LogP contribution in [0, 0.1) is 0 Å². The number of carbonyl (C=O) groups is 1. The lowest BCUT2D eigenvalue weighted by Gasteiger charge is -2.24. The van der Waals surface area contributed by atoms with E-state index in [2.05, 4.69) is 28.8 Å². The molecule has 1 amide bonds. The Bertz CT molecular complexity index is 906. The molecule has 0 saturated heterocycles. The van der Waals surface area contributed by atoms with E-state index in [9.17, 15) is 4.79 Å². The third-order valence-corrected chi connectivity index (χ3v) is 5.76. The van der Waals surface area contributed by atoms with E-state index in [1.54, 1.807) is 28.9 Å². The van der Waals surface area contributed by atoms with Gasteiger partial charge in [-0.3, -0.25) is 14.4 Å². The first-order chi connectivity index (χ1) is 12.5.